The van der Waals surface area contributed by atoms with Crippen molar-refractivity contribution in [2.45, 2.75) is 26.2 Å². The lowest BCUT2D eigenvalue weighted by Gasteiger charge is -2.35. The predicted molar refractivity (Wildman–Crippen MR) is 53.1 cm³/mol. The lowest BCUT2D eigenvalue weighted by atomic mass is 9.70. The van der Waals surface area contributed by atoms with E-state index in [0.29, 0.717) is 0 Å². The molecule has 13 heavy (non-hydrogen) atoms. The zero-order valence-corrected chi connectivity index (χ0v) is 8.32. The first kappa shape index (κ1) is 7.09. The van der Waals surface area contributed by atoms with Gasteiger partial charge in [-0.15, -0.1) is 0 Å². The summed E-state index contributed by atoms with van der Waals surface area (Å²) in [5, 5.41) is 0. The number of allylic oxidation sites excluding steroid dienone is 2. The van der Waals surface area contributed by atoms with Gasteiger partial charge in [0.25, 0.3) is 0 Å². The fraction of sp³-hybridized carbons (Fsp3) is 0.846. The average molecular weight is 174 g/mol. The monoisotopic (exact) mass is 174 g/mol. The Morgan fingerprint density at radius 3 is 2.54 bits per heavy atom. The number of hydrogen-bond donors (Lipinski definition) is 0. The molecule has 0 aromatic carbocycles. The molecule has 0 nitrogen and oxygen atoms in total. The number of fused-ring (bicyclic) bond motifs is 9. The van der Waals surface area contributed by atoms with Gasteiger partial charge < -0.3 is 0 Å². The smallest absolute Gasteiger partial charge is 0.0194 e. The summed E-state index contributed by atoms with van der Waals surface area (Å²) in [6, 6.07) is 0. The van der Waals surface area contributed by atoms with Gasteiger partial charge in [-0.1, -0.05) is 19.1 Å². The van der Waals surface area contributed by atoms with Gasteiger partial charge in [0.1, 0.15) is 0 Å². The van der Waals surface area contributed by atoms with E-state index in [1.807, 2.05) is 0 Å². The molecule has 0 aromatic heterocycles. The van der Waals surface area contributed by atoms with Crippen molar-refractivity contribution in [2.75, 3.05) is 0 Å². The molecule has 0 radical (unpaired) electrons. The number of rotatable bonds is 0. The Kier molecular flexibility index (Phi) is 1.11. The summed E-state index contributed by atoms with van der Waals surface area (Å²) in [6.07, 6.45) is 9.75. The molecular formula is C13H18. The second kappa shape index (κ2) is 2.04. The highest BCUT2D eigenvalue weighted by Gasteiger charge is 2.59. The summed E-state index contributed by atoms with van der Waals surface area (Å²) in [7, 11) is 0. The zero-order chi connectivity index (χ0) is 8.58. The van der Waals surface area contributed by atoms with E-state index in [-0.39, 0.29) is 0 Å². The summed E-state index contributed by atoms with van der Waals surface area (Å²) < 4.78 is 0. The summed E-state index contributed by atoms with van der Waals surface area (Å²) in [4.78, 5) is 0. The molecule has 0 saturated heterocycles. The van der Waals surface area contributed by atoms with Crippen molar-refractivity contribution in [1.29, 1.82) is 0 Å². The quantitative estimate of drug-likeness (QED) is 0.391. The summed E-state index contributed by atoms with van der Waals surface area (Å²) in [6.45, 7) is 2.50. The minimum atomic E-state index is 1.01. The Morgan fingerprint density at radius 2 is 1.69 bits per heavy atom. The van der Waals surface area contributed by atoms with Crippen LogP contribution in [-0.2, 0) is 0 Å². The highest BCUT2D eigenvalue weighted by atomic mass is 14.6. The van der Waals surface area contributed by atoms with Crippen molar-refractivity contribution in [3.05, 3.63) is 12.2 Å². The third-order valence-corrected chi connectivity index (χ3v) is 5.60. The van der Waals surface area contributed by atoms with Crippen LogP contribution in [0.2, 0.25) is 0 Å². The van der Waals surface area contributed by atoms with Gasteiger partial charge in [0.05, 0.1) is 0 Å². The van der Waals surface area contributed by atoms with Crippen LogP contribution in [0.1, 0.15) is 26.2 Å². The first-order valence-corrected chi connectivity index (χ1v) is 6.03. The molecule has 70 valence electrons. The van der Waals surface area contributed by atoms with Crippen molar-refractivity contribution >= 4 is 0 Å². The molecule has 4 rings (SSSR count). The molecule has 0 unspecified atom stereocenters. The first-order valence-electron chi connectivity index (χ1n) is 6.03. The van der Waals surface area contributed by atoms with Crippen molar-refractivity contribution in [1.82, 2.24) is 0 Å². The lowest BCUT2D eigenvalue weighted by molar-refractivity contribution is 0.160. The molecule has 0 amide bonds. The Balaban J connectivity index is 1.79. The molecule has 7 atom stereocenters. The molecule has 0 N–H and O–H groups in total. The molecule has 0 aromatic rings. The standard InChI is InChI=1S/C13H18/c1-7-4-10-6-11(7)13-9-3-2-8(5-9)12(10)13/h2-3,7-13H,4-6H2,1H3/t7-,8-,9+,10-,11-,12+,13-/m0/s1. The van der Waals surface area contributed by atoms with E-state index in [9.17, 15) is 0 Å². The molecular weight excluding hydrogens is 156 g/mol. The molecule has 3 saturated carbocycles. The van der Waals surface area contributed by atoms with Crippen LogP contribution in [0.25, 0.3) is 0 Å². The van der Waals surface area contributed by atoms with Crippen LogP contribution in [0.3, 0.4) is 0 Å². The Hall–Kier alpha value is -0.260. The highest BCUT2D eigenvalue weighted by Crippen LogP contribution is 2.66. The van der Waals surface area contributed by atoms with Gasteiger partial charge in [0.15, 0.2) is 0 Å². The third-order valence-electron chi connectivity index (χ3n) is 5.60. The molecule has 0 spiro atoms. The van der Waals surface area contributed by atoms with Crippen molar-refractivity contribution in [3.63, 3.8) is 0 Å². The predicted octanol–water partition coefficient (Wildman–Crippen LogP) is 3.10. The van der Waals surface area contributed by atoms with Crippen molar-refractivity contribution in [3.8, 4) is 0 Å². The van der Waals surface area contributed by atoms with Crippen LogP contribution in [-0.4, -0.2) is 0 Å². The Morgan fingerprint density at radius 1 is 0.923 bits per heavy atom. The molecule has 0 aliphatic heterocycles. The summed E-state index contributed by atoms with van der Waals surface area (Å²) in [5.41, 5.74) is 0. The van der Waals surface area contributed by atoms with Gasteiger partial charge in [-0.05, 0) is 60.7 Å². The fourth-order valence-corrected chi connectivity index (χ4v) is 5.35. The van der Waals surface area contributed by atoms with Crippen LogP contribution < -0.4 is 0 Å². The molecule has 4 aliphatic carbocycles. The topological polar surface area (TPSA) is 0 Å². The van der Waals surface area contributed by atoms with E-state index in [1.165, 1.54) is 6.42 Å². The highest BCUT2D eigenvalue weighted by molar-refractivity contribution is 5.20. The maximum absolute atomic E-state index is 2.54. The zero-order valence-electron chi connectivity index (χ0n) is 8.32. The van der Waals surface area contributed by atoms with E-state index < -0.39 is 0 Å². The largest absolute Gasteiger partial charge is 0.0848 e. The van der Waals surface area contributed by atoms with Crippen molar-refractivity contribution < 1.29 is 0 Å². The maximum atomic E-state index is 2.54. The van der Waals surface area contributed by atoms with Crippen LogP contribution >= 0.6 is 0 Å². The fourth-order valence-electron chi connectivity index (χ4n) is 5.35. The van der Waals surface area contributed by atoms with E-state index >= 15 is 0 Å². The van der Waals surface area contributed by atoms with Crippen molar-refractivity contribution in [2.24, 2.45) is 41.4 Å². The Labute approximate surface area is 80.4 Å². The average Bonchev–Trinajstić information content (AvgIpc) is 2.78. The Bertz CT molecular complexity index is 278. The second-order valence-corrected chi connectivity index (χ2v) is 5.98. The third kappa shape index (κ3) is 0.671. The van der Waals surface area contributed by atoms with Crippen LogP contribution in [0, 0.1) is 41.4 Å². The maximum Gasteiger partial charge on any atom is -0.0194 e. The molecule has 3 fully saturated rings. The second-order valence-electron chi connectivity index (χ2n) is 5.98. The minimum absolute atomic E-state index is 1.01. The van der Waals surface area contributed by atoms with Crippen LogP contribution in [0.4, 0.5) is 0 Å². The minimum Gasteiger partial charge on any atom is -0.0848 e. The number of hydrogen-bond acceptors (Lipinski definition) is 0. The van der Waals surface area contributed by atoms with Crippen LogP contribution in [0.5, 0.6) is 0 Å². The molecule has 4 bridgehead atoms. The van der Waals surface area contributed by atoms with E-state index in [2.05, 4.69) is 19.1 Å². The van der Waals surface area contributed by atoms with E-state index in [0.717, 1.165) is 41.4 Å². The molecule has 4 aliphatic rings. The van der Waals surface area contributed by atoms with Gasteiger partial charge in [-0.2, -0.15) is 0 Å². The van der Waals surface area contributed by atoms with E-state index in [4.69, 9.17) is 0 Å². The van der Waals surface area contributed by atoms with E-state index in [1.54, 1.807) is 12.8 Å². The summed E-state index contributed by atoms with van der Waals surface area (Å²) in [5.74, 6) is 7.59. The first-order chi connectivity index (χ1) is 6.34. The van der Waals surface area contributed by atoms with Gasteiger partial charge in [-0.3, -0.25) is 0 Å². The summed E-state index contributed by atoms with van der Waals surface area (Å²) >= 11 is 0. The molecule has 0 heterocycles. The SMILES string of the molecule is C[C@H]1C[C@H]2C[C@@H]1[C@H]1[C@@H]2[C@H]2C=C[C@@H]1C2. The van der Waals surface area contributed by atoms with Crippen LogP contribution in [0.15, 0.2) is 12.2 Å². The van der Waals surface area contributed by atoms with Gasteiger partial charge in [-0.25, -0.2) is 0 Å². The lowest BCUT2D eigenvalue weighted by Crippen LogP contribution is -2.29. The van der Waals surface area contributed by atoms with Gasteiger partial charge >= 0.3 is 0 Å². The van der Waals surface area contributed by atoms with Gasteiger partial charge in [0.2, 0.25) is 0 Å². The normalized spacial score (nSPS) is 66.4. The van der Waals surface area contributed by atoms with Gasteiger partial charge in [0, 0.05) is 0 Å². The molecule has 0 heteroatoms.